The molecule has 1 aromatic carbocycles. The van der Waals surface area contributed by atoms with E-state index in [1.165, 1.54) is 24.7 Å². The lowest BCUT2D eigenvalue weighted by Gasteiger charge is -2.34. The van der Waals surface area contributed by atoms with Crippen molar-refractivity contribution in [2.45, 2.75) is 12.7 Å². The number of hydrogen-bond acceptors (Lipinski definition) is 3. The van der Waals surface area contributed by atoms with Crippen molar-refractivity contribution in [3.63, 3.8) is 0 Å². The van der Waals surface area contributed by atoms with Gasteiger partial charge in [-0.3, -0.25) is 9.69 Å². The highest BCUT2D eigenvalue weighted by molar-refractivity contribution is 5.93. The maximum atomic E-state index is 12.6. The summed E-state index contributed by atoms with van der Waals surface area (Å²) in [7, 11) is 0. The molecule has 0 bridgehead atoms. The van der Waals surface area contributed by atoms with Gasteiger partial charge in [0.1, 0.15) is 6.26 Å². The van der Waals surface area contributed by atoms with Crippen LogP contribution >= 0.6 is 0 Å². The summed E-state index contributed by atoms with van der Waals surface area (Å²) in [5, 5.41) is 0. The van der Waals surface area contributed by atoms with E-state index < -0.39 is 11.7 Å². The van der Waals surface area contributed by atoms with Crippen LogP contribution in [0.4, 0.5) is 13.2 Å². The number of rotatable bonds is 3. The molecule has 2 heterocycles. The summed E-state index contributed by atoms with van der Waals surface area (Å²) in [6.07, 6.45) is -1.41. The number of hydrogen-bond donors (Lipinski definition) is 0. The largest absolute Gasteiger partial charge is 0.472 e. The maximum absolute atomic E-state index is 12.6. The molecule has 24 heavy (non-hydrogen) atoms. The number of alkyl halides is 3. The molecule has 4 nitrogen and oxygen atoms in total. The number of benzene rings is 1. The third kappa shape index (κ3) is 3.79. The monoisotopic (exact) mass is 338 g/mol. The number of nitrogens with zero attached hydrogens (tertiary/aromatic N) is 2. The van der Waals surface area contributed by atoms with E-state index in [0.29, 0.717) is 38.3 Å². The standard InChI is InChI=1S/C17H17F3N2O2/c18-17(19,20)15-3-1-13(2-4-15)11-21-6-8-22(9-7-21)16(23)14-5-10-24-12-14/h1-5,10,12H,6-9,11H2. The van der Waals surface area contributed by atoms with Crippen molar-refractivity contribution in [2.75, 3.05) is 26.2 Å². The van der Waals surface area contributed by atoms with E-state index in [-0.39, 0.29) is 5.91 Å². The SMILES string of the molecule is O=C(c1ccoc1)N1CCN(Cc2ccc(C(F)(F)F)cc2)CC1. The van der Waals surface area contributed by atoms with Gasteiger partial charge in [0.15, 0.2) is 0 Å². The molecule has 3 rings (SSSR count). The Kier molecular flexibility index (Phi) is 4.62. The number of carbonyl (C=O) groups is 1. The molecule has 1 amide bonds. The van der Waals surface area contributed by atoms with Crippen molar-refractivity contribution < 1.29 is 22.4 Å². The molecule has 128 valence electrons. The Balaban J connectivity index is 1.53. The van der Waals surface area contributed by atoms with E-state index in [9.17, 15) is 18.0 Å². The number of carbonyl (C=O) groups excluding carboxylic acids is 1. The number of furan rings is 1. The van der Waals surface area contributed by atoms with E-state index in [1.807, 2.05) is 0 Å². The fourth-order valence-corrected chi connectivity index (χ4v) is 2.74. The first kappa shape index (κ1) is 16.6. The van der Waals surface area contributed by atoms with E-state index in [0.717, 1.165) is 17.7 Å². The van der Waals surface area contributed by atoms with E-state index in [1.54, 1.807) is 11.0 Å². The van der Waals surface area contributed by atoms with Gasteiger partial charge in [-0.1, -0.05) is 12.1 Å². The first-order chi connectivity index (χ1) is 11.4. The summed E-state index contributed by atoms with van der Waals surface area (Å²) < 4.78 is 42.6. The van der Waals surface area contributed by atoms with Gasteiger partial charge in [-0.2, -0.15) is 13.2 Å². The third-order valence-electron chi connectivity index (χ3n) is 4.12. The molecule has 7 heteroatoms. The van der Waals surface area contributed by atoms with Gasteiger partial charge >= 0.3 is 6.18 Å². The molecule has 2 aromatic rings. The summed E-state index contributed by atoms with van der Waals surface area (Å²) >= 11 is 0. The van der Waals surface area contributed by atoms with E-state index in [2.05, 4.69) is 4.90 Å². The van der Waals surface area contributed by atoms with Crippen molar-refractivity contribution in [1.29, 1.82) is 0 Å². The number of halogens is 3. The molecule has 1 fully saturated rings. The molecular weight excluding hydrogens is 321 g/mol. The molecular formula is C17H17F3N2O2. The molecule has 0 spiro atoms. The molecule has 0 aliphatic carbocycles. The van der Waals surface area contributed by atoms with Gasteiger partial charge in [-0.05, 0) is 23.8 Å². The van der Waals surface area contributed by atoms with Gasteiger partial charge in [0.25, 0.3) is 5.91 Å². The van der Waals surface area contributed by atoms with Gasteiger partial charge in [0.05, 0.1) is 17.4 Å². The molecule has 1 aliphatic heterocycles. The molecule has 0 radical (unpaired) electrons. The second-order valence-corrected chi connectivity index (χ2v) is 5.78. The fourth-order valence-electron chi connectivity index (χ4n) is 2.74. The van der Waals surface area contributed by atoms with Crippen LogP contribution in [0.2, 0.25) is 0 Å². The number of piperazine rings is 1. The first-order valence-electron chi connectivity index (χ1n) is 7.63. The van der Waals surface area contributed by atoms with E-state index >= 15 is 0 Å². The first-order valence-corrected chi connectivity index (χ1v) is 7.63. The minimum Gasteiger partial charge on any atom is -0.472 e. The highest BCUT2D eigenvalue weighted by Crippen LogP contribution is 2.29. The van der Waals surface area contributed by atoms with Crippen LogP contribution in [0.25, 0.3) is 0 Å². The maximum Gasteiger partial charge on any atom is 0.416 e. The van der Waals surface area contributed by atoms with Crippen LogP contribution in [-0.4, -0.2) is 41.9 Å². The second kappa shape index (κ2) is 6.68. The summed E-state index contributed by atoms with van der Waals surface area (Å²) in [5.74, 6) is -0.0575. The van der Waals surface area contributed by atoms with Gasteiger partial charge < -0.3 is 9.32 Å². The Morgan fingerprint density at radius 3 is 2.25 bits per heavy atom. The van der Waals surface area contributed by atoms with Crippen molar-refractivity contribution in [3.8, 4) is 0 Å². The van der Waals surface area contributed by atoms with Crippen LogP contribution in [0.15, 0.2) is 47.3 Å². The molecule has 1 aliphatic rings. The highest BCUT2D eigenvalue weighted by Gasteiger charge is 2.30. The summed E-state index contributed by atoms with van der Waals surface area (Å²) in [4.78, 5) is 16.1. The van der Waals surface area contributed by atoms with Crippen LogP contribution in [-0.2, 0) is 12.7 Å². The van der Waals surface area contributed by atoms with Crippen LogP contribution < -0.4 is 0 Å². The van der Waals surface area contributed by atoms with Crippen molar-refractivity contribution in [3.05, 3.63) is 59.5 Å². The van der Waals surface area contributed by atoms with Gasteiger partial charge in [-0.15, -0.1) is 0 Å². The summed E-state index contributed by atoms with van der Waals surface area (Å²) in [5.41, 5.74) is 0.727. The average Bonchev–Trinajstić information content (AvgIpc) is 3.09. The number of amides is 1. The van der Waals surface area contributed by atoms with Crippen molar-refractivity contribution in [2.24, 2.45) is 0 Å². The Morgan fingerprint density at radius 1 is 1.04 bits per heavy atom. The fraction of sp³-hybridized carbons (Fsp3) is 0.353. The van der Waals surface area contributed by atoms with Crippen LogP contribution in [0.5, 0.6) is 0 Å². The van der Waals surface area contributed by atoms with Gasteiger partial charge in [0.2, 0.25) is 0 Å². The Hall–Kier alpha value is -2.28. The Bertz CT molecular complexity index is 673. The predicted octanol–water partition coefficient (Wildman–Crippen LogP) is 3.26. The molecule has 0 unspecified atom stereocenters. The zero-order chi connectivity index (χ0) is 17.2. The summed E-state index contributed by atoms with van der Waals surface area (Å²) in [6, 6.07) is 6.86. The Labute approximate surface area is 137 Å². The lowest BCUT2D eigenvalue weighted by atomic mass is 10.1. The molecule has 1 aromatic heterocycles. The van der Waals surface area contributed by atoms with Gasteiger partial charge in [-0.25, -0.2) is 0 Å². The Morgan fingerprint density at radius 2 is 1.71 bits per heavy atom. The van der Waals surface area contributed by atoms with Crippen molar-refractivity contribution in [1.82, 2.24) is 9.80 Å². The van der Waals surface area contributed by atoms with E-state index in [4.69, 9.17) is 4.42 Å². The minimum atomic E-state index is -4.31. The van der Waals surface area contributed by atoms with Crippen LogP contribution in [0.1, 0.15) is 21.5 Å². The quantitative estimate of drug-likeness (QED) is 0.862. The lowest BCUT2D eigenvalue weighted by Crippen LogP contribution is -2.48. The summed E-state index contributed by atoms with van der Waals surface area (Å²) in [6.45, 7) is 3.12. The van der Waals surface area contributed by atoms with Crippen LogP contribution in [0.3, 0.4) is 0 Å². The predicted molar refractivity (Wildman–Crippen MR) is 81.3 cm³/mol. The highest BCUT2D eigenvalue weighted by atomic mass is 19.4. The molecule has 0 atom stereocenters. The zero-order valence-electron chi connectivity index (χ0n) is 12.9. The molecule has 0 saturated carbocycles. The topological polar surface area (TPSA) is 36.7 Å². The second-order valence-electron chi connectivity index (χ2n) is 5.78. The van der Waals surface area contributed by atoms with Gasteiger partial charge in [0, 0.05) is 32.7 Å². The van der Waals surface area contributed by atoms with Crippen LogP contribution in [0, 0.1) is 0 Å². The molecule has 1 saturated heterocycles. The zero-order valence-corrected chi connectivity index (χ0v) is 12.9. The van der Waals surface area contributed by atoms with Crippen molar-refractivity contribution >= 4 is 5.91 Å². The normalized spacial score (nSPS) is 16.4. The molecule has 0 N–H and O–H groups in total. The lowest BCUT2D eigenvalue weighted by molar-refractivity contribution is -0.137. The average molecular weight is 338 g/mol. The smallest absolute Gasteiger partial charge is 0.416 e. The third-order valence-corrected chi connectivity index (χ3v) is 4.12. The minimum absolute atomic E-state index is 0.0575.